The first kappa shape index (κ1) is 16.4. The molecule has 11 heteroatoms. The maximum atomic E-state index is 11.5. The highest BCUT2D eigenvalue weighted by atomic mass is 35.5. The third kappa shape index (κ3) is 3.89. The molecule has 0 bridgehead atoms. The van der Waals surface area contributed by atoms with Crippen molar-refractivity contribution in [3.8, 4) is 0 Å². The summed E-state index contributed by atoms with van der Waals surface area (Å²) in [4.78, 5) is 20.2. The number of nitrogens with zero attached hydrogens (tertiary/aromatic N) is 4. The van der Waals surface area contributed by atoms with Crippen molar-refractivity contribution in [1.82, 2.24) is 20.2 Å². The molecule has 3 aromatic heterocycles. The number of carbonyl (C=O) groups is 1. The normalized spacial score (nSPS) is 10.9. The summed E-state index contributed by atoms with van der Waals surface area (Å²) in [5.41, 5.74) is 0.887. The average Bonchev–Trinajstić information content (AvgIpc) is 3.21. The molecule has 0 unspecified atom stereocenters. The monoisotopic (exact) mass is 388 g/mol. The second kappa shape index (κ2) is 6.95. The Hall–Kier alpha value is -1.49. The second-order valence-electron chi connectivity index (χ2n) is 4.19. The number of esters is 1. The van der Waals surface area contributed by atoms with Crippen LogP contribution < -0.4 is 0 Å². The molecule has 0 radical (unpaired) electrons. The standard InChI is InChI=1S/C12H9ClN4O3S3/c1-5-14-6(4-21-5)3-7-16-17-11(20-7)23-12-15-9(13)8(22-12)10(18)19-2/h4H,3H2,1-2H3. The van der Waals surface area contributed by atoms with Crippen LogP contribution in [0.25, 0.3) is 0 Å². The lowest BCUT2D eigenvalue weighted by Crippen LogP contribution is -1.98. The first-order valence-electron chi connectivity index (χ1n) is 6.21. The highest BCUT2D eigenvalue weighted by molar-refractivity contribution is 8.00. The van der Waals surface area contributed by atoms with E-state index in [1.165, 1.54) is 7.11 Å². The summed E-state index contributed by atoms with van der Waals surface area (Å²) in [7, 11) is 1.29. The predicted molar refractivity (Wildman–Crippen MR) is 86.5 cm³/mol. The van der Waals surface area contributed by atoms with E-state index in [1.807, 2.05) is 12.3 Å². The van der Waals surface area contributed by atoms with Gasteiger partial charge in [0.15, 0.2) is 14.4 Å². The first-order chi connectivity index (χ1) is 11.0. The molecule has 0 atom stereocenters. The van der Waals surface area contributed by atoms with Gasteiger partial charge in [0.05, 0.1) is 24.2 Å². The Morgan fingerprint density at radius 1 is 1.43 bits per heavy atom. The van der Waals surface area contributed by atoms with Gasteiger partial charge >= 0.3 is 5.97 Å². The molecule has 0 aliphatic rings. The van der Waals surface area contributed by atoms with E-state index in [2.05, 4.69) is 24.9 Å². The van der Waals surface area contributed by atoms with Crippen LogP contribution in [0.1, 0.15) is 26.3 Å². The van der Waals surface area contributed by atoms with Crippen molar-refractivity contribution in [3.05, 3.63) is 32.0 Å². The molecule has 23 heavy (non-hydrogen) atoms. The molecular weight excluding hydrogens is 380 g/mol. The van der Waals surface area contributed by atoms with E-state index in [0.717, 1.165) is 33.8 Å². The summed E-state index contributed by atoms with van der Waals surface area (Å²) < 4.78 is 10.7. The molecular formula is C12H9ClN4O3S3. The predicted octanol–water partition coefficient (Wildman–Crippen LogP) is 3.47. The van der Waals surface area contributed by atoms with E-state index in [9.17, 15) is 4.79 Å². The highest BCUT2D eigenvalue weighted by Crippen LogP contribution is 2.34. The van der Waals surface area contributed by atoms with Crippen molar-refractivity contribution >= 4 is 52.0 Å². The van der Waals surface area contributed by atoms with E-state index in [1.54, 1.807) is 11.3 Å². The minimum atomic E-state index is -0.524. The quantitative estimate of drug-likeness (QED) is 0.613. The summed E-state index contributed by atoms with van der Waals surface area (Å²) >= 11 is 9.74. The van der Waals surface area contributed by atoms with Gasteiger partial charge < -0.3 is 9.15 Å². The number of carbonyl (C=O) groups excluding carboxylic acids is 1. The molecule has 0 amide bonds. The van der Waals surface area contributed by atoms with Crippen molar-refractivity contribution in [1.29, 1.82) is 0 Å². The average molecular weight is 389 g/mol. The number of thiazole rings is 2. The molecule has 120 valence electrons. The molecule has 3 rings (SSSR count). The number of ether oxygens (including phenoxy) is 1. The van der Waals surface area contributed by atoms with Gasteiger partial charge in [-0.25, -0.2) is 14.8 Å². The van der Waals surface area contributed by atoms with Crippen molar-refractivity contribution in [3.63, 3.8) is 0 Å². The number of hydrogen-bond acceptors (Lipinski definition) is 10. The Balaban J connectivity index is 1.70. The highest BCUT2D eigenvalue weighted by Gasteiger charge is 2.19. The van der Waals surface area contributed by atoms with Gasteiger partial charge in [0.2, 0.25) is 5.89 Å². The second-order valence-corrected chi connectivity index (χ2v) is 7.81. The van der Waals surface area contributed by atoms with Crippen LogP contribution in [0.2, 0.25) is 5.15 Å². The third-order valence-corrected chi connectivity index (χ3v) is 5.70. The third-order valence-electron chi connectivity index (χ3n) is 2.56. The minimum absolute atomic E-state index is 0.0991. The molecule has 0 aromatic carbocycles. The van der Waals surface area contributed by atoms with Gasteiger partial charge in [0, 0.05) is 17.1 Å². The summed E-state index contributed by atoms with van der Waals surface area (Å²) in [5.74, 6) is -0.0573. The van der Waals surface area contributed by atoms with Crippen LogP contribution in [0.4, 0.5) is 0 Å². The summed E-state index contributed by atoms with van der Waals surface area (Å²) in [6, 6.07) is 0. The van der Waals surface area contributed by atoms with Crippen molar-refractivity contribution in [2.75, 3.05) is 7.11 Å². The van der Waals surface area contributed by atoms with Crippen LogP contribution in [0, 0.1) is 6.92 Å². The Labute approximate surface area is 148 Å². The van der Waals surface area contributed by atoms with Crippen molar-refractivity contribution in [2.24, 2.45) is 0 Å². The molecule has 7 nitrogen and oxygen atoms in total. The first-order valence-corrected chi connectivity index (χ1v) is 9.10. The lowest BCUT2D eigenvalue weighted by molar-refractivity contribution is 0.0606. The zero-order valence-corrected chi connectivity index (χ0v) is 15.1. The largest absolute Gasteiger partial charge is 0.465 e. The Bertz CT molecular complexity index is 844. The van der Waals surface area contributed by atoms with Gasteiger partial charge in [0.1, 0.15) is 0 Å². The zero-order chi connectivity index (χ0) is 16.4. The minimum Gasteiger partial charge on any atom is -0.465 e. The summed E-state index contributed by atoms with van der Waals surface area (Å²) in [6.45, 7) is 1.94. The fraction of sp³-hybridized carbons (Fsp3) is 0.250. The van der Waals surface area contributed by atoms with E-state index in [-0.39, 0.29) is 10.0 Å². The number of methoxy groups -OCH3 is 1. The Kier molecular flexibility index (Phi) is 4.95. The van der Waals surface area contributed by atoms with E-state index in [0.29, 0.717) is 21.9 Å². The van der Waals surface area contributed by atoms with Gasteiger partial charge in [-0.2, -0.15) is 0 Å². The maximum absolute atomic E-state index is 11.5. The van der Waals surface area contributed by atoms with Crippen LogP contribution in [-0.2, 0) is 11.2 Å². The molecule has 0 saturated carbocycles. The van der Waals surface area contributed by atoms with E-state index >= 15 is 0 Å². The fourth-order valence-corrected chi connectivity index (χ4v) is 4.35. The number of hydrogen-bond donors (Lipinski definition) is 0. The van der Waals surface area contributed by atoms with Gasteiger partial charge in [-0.05, 0) is 6.92 Å². The van der Waals surface area contributed by atoms with Crippen LogP contribution in [0.5, 0.6) is 0 Å². The molecule has 0 spiro atoms. The Morgan fingerprint density at radius 3 is 2.96 bits per heavy atom. The van der Waals surface area contributed by atoms with Crippen LogP contribution in [-0.4, -0.2) is 33.2 Å². The molecule has 0 N–H and O–H groups in total. The maximum Gasteiger partial charge on any atom is 0.351 e. The zero-order valence-electron chi connectivity index (χ0n) is 11.9. The lowest BCUT2D eigenvalue weighted by Gasteiger charge is -1.92. The number of rotatable bonds is 5. The van der Waals surface area contributed by atoms with Crippen molar-refractivity contribution in [2.45, 2.75) is 22.9 Å². The van der Waals surface area contributed by atoms with Crippen molar-refractivity contribution < 1.29 is 13.9 Å². The van der Waals surface area contributed by atoms with Crippen LogP contribution in [0.15, 0.2) is 19.4 Å². The molecule has 3 aromatic rings. The number of aromatic nitrogens is 4. The lowest BCUT2D eigenvalue weighted by atomic mass is 10.3. The van der Waals surface area contributed by atoms with E-state index < -0.39 is 5.97 Å². The van der Waals surface area contributed by atoms with Gasteiger partial charge in [-0.3, -0.25) is 0 Å². The molecule has 0 aliphatic heterocycles. The fourth-order valence-electron chi connectivity index (χ4n) is 1.62. The summed E-state index contributed by atoms with van der Waals surface area (Å²) in [6.07, 6.45) is 0.476. The van der Waals surface area contributed by atoms with E-state index in [4.69, 9.17) is 16.0 Å². The molecule has 0 saturated heterocycles. The van der Waals surface area contributed by atoms with Gasteiger partial charge in [0.25, 0.3) is 5.22 Å². The SMILES string of the molecule is COC(=O)c1sc(Sc2nnc(Cc3csc(C)n3)o2)nc1Cl. The number of halogens is 1. The van der Waals surface area contributed by atoms with Gasteiger partial charge in [-0.1, -0.05) is 22.9 Å². The van der Waals surface area contributed by atoms with Gasteiger partial charge in [-0.15, -0.1) is 21.5 Å². The number of aryl methyl sites for hydroxylation is 1. The Morgan fingerprint density at radius 2 is 2.26 bits per heavy atom. The molecule has 3 heterocycles. The van der Waals surface area contributed by atoms with Crippen LogP contribution >= 0.6 is 46.0 Å². The smallest absolute Gasteiger partial charge is 0.351 e. The van der Waals surface area contributed by atoms with Crippen LogP contribution in [0.3, 0.4) is 0 Å². The molecule has 0 aliphatic carbocycles. The summed E-state index contributed by atoms with van der Waals surface area (Å²) in [5, 5.41) is 11.3. The topological polar surface area (TPSA) is 91.0 Å². The molecule has 0 fully saturated rings.